The van der Waals surface area contributed by atoms with Crippen LogP contribution in [0.3, 0.4) is 0 Å². The molecule has 0 aliphatic carbocycles. The van der Waals surface area contributed by atoms with E-state index in [1.54, 1.807) is 30.5 Å². The molecule has 0 radical (unpaired) electrons. The van der Waals surface area contributed by atoms with E-state index < -0.39 is 0 Å². The molecule has 2 fully saturated rings. The van der Waals surface area contributed by atoms with Gasteiger partial charge in [-0.1, -0.05) is 0 Å². The summed E-state index contributed by atoms with van der Waals surface area (Å²) < 4.78 is 6.89. The molecule has 2 aliphatic heterocycles. The number of aromatic nitrogens is 6. The van der Waals surface area contributed by atoms with Gasteiger partial charge in [-0.05, 0) is 24.0 Å². The Labute approximate surface area is 163 Å². The molecular formula is C19H22N8O. The van der Waals surface area contributed by atoms with Crippen LogP contribution in [0.4, 0.5) is 5.82 Å². The molecule has 2 aliphatic rings. The zero-order valence-corrected chi connectivity index (χ0v) is 15.7. The van der Waals surface area contributed by atoms with Gasteiger partial charge in [0.15, 0.2) is 5.82 Å². The van der Waals surface area contributed by atoms with E-state index in [9.17, 15) is 0 Å². The van der Waals surface area contributed by atoms with E-state index in [4.69, 9.17) is 4.74 Å². The van der Waals surface area contributed by atoms with Crippen LogP contribution in [0.5, 0.6) is 6.01 Å². The molecule has 9 nitrogen and oxygen atoms in total. The largest absolute Gasteiger partial charge is 0.467 e. The summed E-state index contributed by atoms with van der Waals surface area (Å²) in [5.41, 5.74) is 1.00. The second-order valence-corrected chi connectivity index (χ2v) is 7.34. The van der Waals surface area contributed by atoms with Gasteiger partial charge in [-0.25, -0.2) is 19.6 Å². The van der Waals surface area contributed by atoms with Gasteiger partial charge in [0, 0.05) is 57.4 Å². The molecule has 2 unspecified atom stereocenters. The Bertz CT molecular complexity index is 933. The maximum atomic E-state index is 5.13. The van der Waals surface area contributed by atoms with Gasteiger partial charge < -0.3 is 9.64 Å². The van der Waals surface area contributed by atoms with Crippen LogP contribution >= 0.6 is 0 Å². The number of methoxy groups -OCH3 is 1. The highest BCUT2D eigenvalue weighted by Gasteiger charge is 2.40. The first-order chi connectivity index (χ1) is 13.8. The van der Waals surface area contributed by atoms with E-state index in [1.165, 1.54) is 0 Å². The predicted octanol–water partition coefficient (Wildman–Crippen LogP) is 1.03. The molecule has 5 rings (SSSR count). The van der Waals surface area contributed by atoms with Crippen LogP contribution in [-0.4, -0.2) is 67.9 Å². The van der Waals surface area contributed by atoms with Crippen molar-refractivity contribution in [3.05, 3.63) is 48.8 Å². The lowest BCUT2D eigenvalue weighted by molar-refractivity contribution is 0.301. The van der Waals surface area contributed by atoms with E-state index in [2.05, 4.69) is 34.8 Å². The van der Waals surface area contributed by atoms with Crippen molar-refractivity contribution in [2.45, 2.75) is 6.54 Å². The summed E-state index contributed by atoms with van der Waals surface area (Å²) in [5, 5.41) is 4.26. The van der Waals surface area contributed by atoms with Crippen LogP contribution in [-0.2, 0) is 6.54 Å². The number of nitrogens with zero attached hydrogens (tertiary/aromatic N) is 8. The summed E-state index contributed by atoms with van der Waals surface area (Å²) in [5.74, 6) is 3.06. The molecule has 9 heteroatoms. The molecule has 2 saturated heterocycles. The van der Waals surface area contributed by atoms with Crippen LogP contribution in [0.2, 0.25) is 0 Å². The third kappa shape index (κ3) is 3.29. The van der Waals surface area contributed by atoms with Gasteiger partial charge in [0.05, 0.1) is 12.8 Å². The normalized spacial score (nSPS) is 21.8. The molecule has 144 valence electrons. The monoisotopic (exact) mass is 378 g/mol. The van der Waals surface area contributed by atoms with Crippen molar-refractivity contribution in [2.75, 3.05) is 38.2 Å². The molecule has 3 aromatic heterocycles. The molecule has 0 saturated carbocycles. The fourth-order valence-corrected chi connectivity index (χ4v) is 4.24. The first-order valence-corrected chi connectivity index (χ1v) is 9.44. The highest BCUT2D eigenvalue weighted by Crippen LogP contribution is 2.34. The number of hydrogen-bond donors (Lipinski definition) is 0. The number of fused-ring (bicyclic) bond motifs is 1. The van der Waals surface area contributed by atoms with Crippen LogP contribution in [0, 0.1) is 11.8 Å². The van der Waals surface area contributed by atoms with E-state index in [1.807, 2.05) is 24.4 Å². The van der Waals surface area contributed by atoms with Crippen LogP contribution in [0.25, 0.3) is 5.82 Å². The summed E-state index contributed by atoms with van der Waals surface area (Å²) >= 11 is 0. The van der Waals surface area contributed by atoms with Gasteiger partial charge in [-0.3, -0.25) is 4.90 Å². The topological polar surface area (TPSA) is 85.1 Å². The smallest absolute Gasteiger partial charge is 0.316 e. The second kappa shape index (κ2) is 7.16. The predicted molar refractivity (Wildman–Crippen MR) is 102 cm³/mol. The maximum absolute atomic E-state index is 5.13. The van der Waals surface area contributed by atoms with Crippen molar-refractivity contribution in [3.63, 3.8) is 0 Å². The summed E-state index contributed by atoms with van der Waals surface area (Å²) in [6.45, 7) is 5.02. The SMILES string of the molecule is COc1nccc(CN2CC3CN(c4cc(-n5cccn5)ncn4)CC3C2)n1. The summed E-state index contributed by atoms with van der Waals surface area (Å²) in [6, 6.07) is 6.29. The first kappa shape index (κ1) is 17.1. The third-order valence-electron chi connectivity index (χ3n) is 5.52. The number of ether oxygens (including phenoxy) is 1. The average Bonchev–Trinajstić information content (AvgIpc) is 3.45. The Balaban J connectivity index is 1.23. The fourth-order valence-electron chi connectivity index (χ4n) is 4.24. The van der Waals surface area contributed by atoms with Crippen molar-refractivity contribution in [1.29, 1.82) is 0 Å². The summed E-state index contributed by atoms with van der Waals surface area (Å²) in [4.78, 5) is 22.2. The van der Waals surface area contributed by atoms with Crippen molar-refractivity contribution >= 4 is 5.82 Å². The summed E-state index contributed by atoms with van der Waals surface area (Å²) in [6.07, 6.45) is 7.02. The molecule has 2 atom stereocenters. The molecule has 0 amide bonds. The van der Waals surface area contributed by atoms with Gasteiger partial charge in [-0.2, -0.15) is 10.1 Å². The molecule has 28 heavy (non-hydrogen) atoms. The molecular weight excluding hydrogens is 356 g/mol. The van der Waals surface area contributed by atoms with E-state index >= 15 is 0 Å². The van der Waals surface area contributed by atoms with E-state index in [0.717, 1.165) is 50.1 Å². The van der Waals surface area contributed by atoms with Crippen LogP contribution < -0.4 is 9.64 Å². The van der Waals surface area contributed by atoms with Gasteiger partial charge in [0.25, 0.3) is 0 Å². The highest BCUT2D eigenvalue weighted by atomic mass is 16.5. The lowest BCUT2D eigenvalue weighted by Crippen LogP contribution is -2.29. The quantitative estimate of drug-likeness (QED) is 0.651. The van der Waals surface area contributed by atoms with Crippen LogP contribution in [0.1, 0.15) is 5.69 Å². The summed E-state index contributed by atoms with van der Waals surface area (Å²) in [7, 11) is 1.60. The number of rotatable bonds is 5. The Hall–Kier alpha value is -3.07. The Morgan fingerprint density at radius 3 is 2.61 bits per heavy atom. The van der Waals surface area contributed by atoms with Crippen LogP contribution in [0.15, 0.2) is 43.1 Å². The first-order valence-electron chi connectivity index (χ1n) is 9.44. The highest BCUT2D eigenvalue weighted by molar-refractivity contribution is 5.44. The van der Waals surface area contributed by atoms with Crippen molar-refractivity contribution < 1.29 is 4.74 Å². The molecule has 5 heterocycles. The number of anilines is 1. The Kier molecular flexibility index (Phi) is 4.36. The molecule has 0 bridgehead atoms. The minimum atomic E-state index is 0.430. The number of likely N-dealkylation sites (tertiary alicyclic amines) is 1. The molecule has 0 N–H and O–H groups in total. The second-order valence-electron chi connectivity index (χ2n) is 7.34. The zero-order valence-electron chi connectivity index (χ0n) is 15.7. The lowest BCUT2D eigenvalue weighted by Gasteiger charge is -2.22. The Morgan fingerprint density at radius 2 is 1.86 bits per heavy atom. The van der Waals surface area contributed by atoms with Gasteiger partial charge in [-0.15, -0.1) is 0 Å². The van der Waals surface area contributed by atoms with E-state index in [-0.39, 0.29) is 0 Å². The molecule has 3 aromatic rings. The van der Waals surface area contributed by atoms with E-state index in [0.29, 0.717) is 17.8 Å². The number of hydrogen-bond acceptors (Lipinski definition) is 8. The van der Waals surface area contributed by atoms with Crippen molar-refractivity contribution in [2.24, 2.45) is 11.8 Å². The fraction of sp³-hybridized carbons (Fsp3) is 0.421. The third-order valence-corrected chi connectivity index (χ3v) is 5.52. The van der Waals surface area contributed by atoms with Crippen molar-refractivity contribution in [1.82, 2.24) is 34.6 Å². The lowest BCUT2D eigenvalue weighted by atomic mass is 10.0. The van der Waals surface area contributed by atoms with Gasteiger partial charge in [0.1, 0.15) is 12.1 Å². The molecule has 0 spiro atoms. The van der Waals surface area contributed by atoms with Crippen molar-refractivity contribution in [3.8, 4) is 11.8 Å². The minimum absolute atomic E-state index is 0.430. The molecule has 0 aromatic carbocycles. The van der Waals surface area contributed by atoms with Gasteiger partial charge in [0.2, 0.25) is 0 Å². The zero-order chi connectivity index (χ0) is 18.9. The Morgan fingerprint density at radius 1 is 1.04 bits per heavy atom. The van der Waals surface area contributed by atoms with Gasteiger partial charge >= 0.3 is 6.01 Å². The minimum Gasteiger partial charge on any atom is -0.467 e. The standard InChI is InChI=1S/C19H22N8O/c1-28-19-20-5-3-16(24-19)12-25-8-14-10-26(11-15(14)9-25)17-7-18(22-13-21-17)27-6-2-4-23-27/h2-7,13-15H,8-12H2,1H3. The average molecular weight is 378 g/mol. The maximum Gasteiger partial charge on any atom is 0.316 e.